The number of amides is 3. The maximum absolute atomic E-state index is 14.3. The molecule has 0 saturated heterocycles. The van der Waals surface area contributed by atoms with Gasteiger partial charge in [0.25, 0.3) is 11.8 Å². The fraction of sp³-hybridized carbons (Fsp3) is 0.125. The minimum Gasteiger partial charge on any atom is -0.493 e. The van der Waals surface area contributed by atoms with Gasteiger partial charge in [0.05, 0.1) is 30.8 Å². The van der Waals surface area contributed by atoms with Crippen LogP contribution in [0.25, 0.3) is 6.08 Å². The van der Waals surface area contributed by atoms with Crippen molar-refractivity contribution in [1.29, 1.82) is 0 Å². The monoisotopic (exact) mass is 701 g/mol. The Balaban J connectivity index is 1.24. The summed E-state index contributed by atoms with van der Waals surface area (Å²) in [5.74, 6) is 0.0507. The van der Waals surface area contributed by atoms with E-state index in [9.17, 15) is 14.4 Å². The lowest BCUT2D eigenvalue weighted by Crippen LogP contribution is -2.35. The van der Waals surface area contributed by atoms with Gasteiger partial charge in [0, 0.05) is 25.9 Å². The maximum Gasteiger partial charge on any atom is 0.272 e. The standard InChI is InChI=1S/C40H35N3O5S2/c1-4-35(40(46)43-31-17-8-10-19-36(31)50-37-20-11-9-18-32(37)43)49-29-16-12-15-28(25-29)41-39(45)30(42-38(44)27-13-6-5-7-14-27)23-26-21-22-33(47-2)34(24-26)48-3/h5-25,35H,4H2,1-3H3,(H,41,45)(H,42,44)/b30-23+. The Kier molecular flexibility index (Phi) is 10.9. The van der Waals surface area contributed by atoms with Gasteiger partial charge in [-0.2, -0.15) is 0 Å². The molecule has 6 rings (SSSR count). The molecule has 50 heavy (non-hydrogen) atoms. The molecular formula is C40H35N3O5S2. The van der Waals surface area contributed by atoms with Gasteiger partial charge in [-0.25, -0.2) is 0 Å². The minimum atomic E-state index is -0.520. The average Bonchev–Trinajstić information content (AvgIpc) is 3.15. The van der Waals surface area contributed by atoms with Crippen LogP contribution < -0.4 is 25.0 Å². The largest absolute Gasteiger partial charge is 0.493 e. The minimum absolute atomic E-state index is 0.0177. The molecule has 1 aliphatic rings. The van der Waals surface area contributed by atoms with E-state index in [1.54, 1.807) is 73.5 Å². The second kappa shape index (κ2) is 15.8. The van der Waals surface area contributed by atoms with Crippen LogP contribution in [0.5, 0.6) is 11.5 Å². The molecule has 0 aliphatic carbocycles. The van der Waals surface area contributed by atoms with E-state index in [1.165, 1.54) is 18.9 Å². The quantitative estimate of drug-likeness (QED) is 0.105. The van der Waals surface area contributed by atoms with Gasteiger partial charge in [0.2, 0.25) is 5.91 Å². The number of nitrogens with one attached hydrogen (secondary N) is 2. The smallest absolute Gasteiger partial charge is 0.272 e. The van der Waals surface area contributed by atoms with E-state index in [-0.39, 0.29) is 11.6 Å². The number of nitrogens with zero attached hydrogens (tertiary/aromatic N) is 1. The molecular weight excluding hydrogens is 667 g/mol. The Hall–Kier alpha value is -5.45. The molecule has 10 heteroatoms. The average molecular weight is 702 g/mol. The first kappa shape index (κ1) is 34.4. The van der Waals surface area contributed by atoms with E-state index in [1.807, 2.05) is 84.6 Å². The number of hydrogen-bond donors (Lipinski definition) is 2. The SMILES string of the molecule is CCC(Sc1cccc(NC(=O)/C(=C\c2ccc(OC)c(OC)c2)NC(=O)c2ccccc2)c1)C(=O)N1c2ccccc2Sc2ccccc21. The van der Waals surface area contributed by atoms with E-state index >= 15 is 0 Å². The summed E-state index contributed by atoms with van der Waals surface area (Å²) >= 11 is 3.11. The Morgan fingerprint density at radius 3 is 2.10 bits per heavy atom. The van der Waals surface area contributed by atoms with E-state index < -0.39 is 17.1 Å². The number of anilines is 3. The maximum atomic E-state index is 14.3. The van der Waals surface area contributed by atoms with Gasteiger partial charge < -0.3 is 20.1 Å². The van der Waals surface area contributed by atoms with Crippen LogP contribution >= 0.6 is 23.5 Å². The van der Waals surface area contributed by atoms with Gasteiger partial charge in [-0.05, 0) is 84.8 Å². The zero-order valence-electron chi connectivity index (χ0n) is 27.7. The van der Waals surface area contributed by atoms with Crippen LogP contribution in [-0.2, 0) is 9.59 Å². The van der Waals surface area contributed by atoms with Crippen molar-refractivity contribution >= 4 is 64.4 Å². The zero-order chi connectivity index (χ0) is 35.0. The molecule has 1 unspecified atom stereocenters. The van der Waals surface area contributed by atoms with Crippen LogP contribution in [0.1, 0.15) is 29.3 Å². The molecule has 0 spiro atoms. The van der Waals surface area contributed by atoms with Crippen molar-refractivity contribution in [1.82, 2.24) is 5.32 Å². The molecule has 5 aromatic carbocycles. The van der Waals surface area contributed by atoms with Crippen molar-refractivity contribution in [2.75, 3.05) is 24.4 Å². The number of ether oxygens (including phenoxy) is 2. The van der Waals surface area contributed by atoms with Crippen molar-refractivity contribution in [2.24, 2.45) is 0 Å². The second-order valence-electron chi connectivity index (χ2n) is 11.2. The summed E-state index contributed by atoms with van der Waals surface area (Å²) in [6.45, 7) is 2.00. The highest BCUT2D eigenvalue weighted by molar-refractivity contribution is 8.00. The molecule has 0 saturated carbocycles. The Morgan fingerprint density at radius 1 is 0.780 bits per heavy atom. The van der Waals surface area contributed by atoms with Crippen LogP contribution in [0.4, 0.5) is 17.1 Å². The van der Waals surface area contributed by atoms with Gasteiger partial charge in [-0.15, -0.1) is 11.8 Å². The fourth-order valence-corrected chi connectivity index (χ4v) is 7.57. The summed E-state index contributed by atoms with van der Waals surface area (Å²) in [7, 11) is 3.07. The molecule has 0 aromatic heterocycles. The van der Waals surface area contributed by atoms with Crippen molar-refractivity contribution in [3.63, 3.8) is 0 Å². The summed E-state index contributed by atoms with van der Waals surface area (Å²) in [6, 6.07) is 37.1. The highest BCUT2D eigenvalue weighted by atomic mass is 32.2. The molecule has 1 atom stereocenters. The van der Waals surface area contributed by atoms with Crippen molar-refractivity contribution < 1.29 is 23.9 Å². The zero-order valence-corrected chi connectivity index (χ0v) is 29.3. The topological polar surface area (TPSA) is 97.0 Å². The number of carbonyl (C=O) groups is 3. The molecule has 1 aliphatic heterocycles. The summed E-state index contributed by atoms with van der Waals surface area (Å²) in [6.07, 6.45) is 2.17. The number of para-hydroxylation sites is 2. The lowest BCUT2D eigenvalue weighted by atomic mass is 10.1. The van der Waals surface area contributed by atoms with Crippen molar-refractivity contribution in [2.45, 2.75) is 33.3 Å². The van der Waals surface area contributed by atoms with Crippen LogP contribution in [0.3, 0.4) is 0 Å². The summed E-state index contributed by atoms with van der Waals surface area (Å²) in [5.41, 5.74) is 3.31. The van der Waals surface area contributed by atoms with E-state index in [0.29, 0.717) is 34.7 Å². The molecule has 1 heterocycles. The van der Waals surface area contributed by atoms with Gasteiger partial charge >= 0.3 is 0 Å². The molecule has 0 bridgehead atoms. The molecule has 0 fully saturated rings. The summed E-state index contributed by atoms with van der Waals surface area (Å²) in [4.78, 5) is 45.9. The lowest BCUT2D eigenvalue weighted by Gasteiger charge is -2.33. The molecule has 2 N–H and O–H groups in total. The van der Waals surface area contributed by atoms with Crippen molar-refractivity contribution in [3.8, 4) is 11.5 Å². The third-order valence-corrected chi connectivity index (χ3v) is 10.4. The number of fused-ring (bicyclic) bond motifs is 2. The van der Waals surface area contributed by atoms with E-state index in [4.69, 9.17) is 9.47 Å². The number of rotatable bonds is 11. The molecule has 0 radical (unpaired) electrons. The second-order valence-corrected chi connectivity index (χ2v) is 13.6. The predicted octanol–water partition coefficient (Wildman–Crippen LogP) is 8.81. The van der Waals surface area contributed by atoms with E-state index in [0.717, 1.165) is 26.1 Å². The first-order valence-electron chi connectivity index (χ1n) is 16.0. The van der Waals surface area contributed by atoms with Crippen molar-refractivity contribution in [3.05, 3.63) is 138 Å². The Labute approximate surface area is 299 Å². The normalized spacial score (nSPS) is 12.6. The highest BCUT2D eigenvalue weighted by Gasteiger charge is 2.32. The number of thioether (sulfide) groups is 1. The Bertz CT molecular complexity index is 2020. The van der Waals surface area contributed by atoms with Crippen LogP contribution in [-0.4, -0.2) is 37.2 Å². The molecule has 252 valence electrons. The van der Waals surface area contributed by atoms with Crippen LogP contribution in [0.15, 0.2) is 142 Å². The Morgan fingerprint density at radius 2 is 1.44 bits per heavy atom. The van der Waals surface area contributed by atoms with Gasteiger partial charge in [0.15, 0.2) is 11.5 Å². The summed E-state index contributed by atoms with van der Waals surface area (Å²) in [5, 5.41) is 5.31. The fourth-order valence-electron chi connectivity index (χ4n) is 5.46. The first-order chi connectivity index (χ1) is 24.4. The number of benzene rings is 5. The molecule has 5 aromatic rings. The third kappa shape index (κ3) is 7.72. The third-order valence-electron chi connectivity index (χ3n) is 7.92. The number of carbonyl (C=O) groups excluding carboxylic acids is 3. The highest BCUT2D eigenvalue weighted by Crippen LogP contribution is 2.49. The first-order valence-corrected chi connectivity index (χ1v) is 17.7. The lowest BCUT2D eigenvalue weighted by molar-refractivity contribution is -0.117. The number of methoxy groups -OCH3 is 2. The van der Waals surface area contributed by atoms with Crippen LogP contribution in [0, 0.1) is 0 Å². The molecule has 8 nitrogen and oxygen atoms in total. The van der Waals surface area contributed by atoms with E-state index in [2.05, 4.69) is 10.6 Å². The molecule has 3 amide bonds. The predicted molar refractivity (Wildman–Crippen MR) is 201 cm³/mol. The van der Waals surface area contributed by atoms with Crippen LogP contribution in [0.2, 0.25) is 0 Å². The van der Waals surface area contributed by atoms with Gasteiger partial charge in [-0.1, -0.05) is 73.3 Å². The number of hydrogen-bond acceptors (Lipinski definition) is 7. The van der Waals surface area contributed by atoms with Gasteiger partial charge in [-0.3, -0.25) is 19.3 Å². The van der Waals surface area contributed by atoms with Gasteiger partial charge in [0.1, 0.15) is 5.70 Å². The summed E-state index contributed by atoms with van der Waals surface area (Å²) < 4.78 is 10.8.